The van der Waals surface area contributed by atoms with E-state index < -0.39 is 22.9 Å². The Morgan fingerprint density at radius 2 is 1.94 bits per heavy atom. The third-order valence-corrected chi connectivity index (χ3v) is 7.97. The van der Waals surface area contributed by atoms with Crippen LogP contribution < -0.4 is 10.2 Å². The largest absolute Gasteiger partial charge is 0.433 e. The van der Waals surface area contributed by atoms with E-state index in [1.165, 1.54) is 0 Å². The van der Waals surface area contributed by atoms with E-state index in [4.69, 9.17) is 4.74 Å². The van der Waals surface area contributed by atoms with E-state index in [9.17, 15) is 23.1 Å². The molecule has 0 radical (unpaired) electrons. The van der Waals surface area contributed by atoms with Crippen molar-refractivity contribution in [1.82, 2.24) is 20.2 Å². The van der Waals surface area contributed by atoms with Crippen molar-refractivity contribution < 1.29 is 27.8 Å². The highest BCUT2D eigenvalue weighted by Crippen LogP contribution is 2.48. The van der Waals surface area contributed by atoms with Crippen LogP contribution in [0.2, 0.25) is 0 Å². The number of carbonyl (C=O) groups excluding carboxylic acids is 1. The molecule has 1 amide bonds. The highest BCUT2D eigenvalue weighted by molar-refractivity contribution is 5.85. The van der Waals surface area contributed by atoms with E-state index in [0.717, 1.165) is 38.3 Å². The molecular formula is C24H36F3N5O3. The zero-order valence-electron chi connectivity index (χ0n) is 20.6. The summed E-state index contributed by atoms with van der Waals surface area (Å²) in [4.78, 5) is 24.9. The molecule has 11 heteroatoms. The van der Waals surface area contributed by atoms with E-state index in [1.807, 2.05) is 0 Å². The van der Waals surface area contributed by atoms with Gasteiger partial charge in [-0.2, -0.15) is 13.2 Å². The number of piperazine rings is 1. The molecule has 1 aliphatic carbocycles. The molecule has 1 saturated carbocycles. The minimum atomic E-state index is -4.54. The Bertz CT molecular complexity index is 901. The molecule has 0 aromatic carbocycles. The van der Waals surface area contributed by atoms with Crippen molar-refractivity contribution >= 4 is 11.9 Å². The van der Waals surface area contributed by atoms with Crippen molar-refractivity contribution in [1.29, 1.82) is 0 Å². The summed E-state index contributed by atoms with van der Waals surface area (Å²) in [7, 11) is 0. The van der Waals surface area contributed by atoms with Gasteiger partial charge < -0.3 is 25.0 Å². The third-order valence-electron chi connectivity index (χ3n) is 7.97. The molecule has 196 valence electrons. The van der Waals surface area contributed by atoms with Crippen LogP contribution in [0.3, 0.4) is 0 Å². The highest BCUT2D eigenvalue weighted by atomic mass is 19.4. The van der Waals surface area contributed by atoms with Crippen LogP contribution in [0.25, 0.3) is 0 Å². The van der Waals surface area contributed by atoms with Gasteiger partial charge in [-0.15, -0.1) is 0 Å². The fraction of sp³-hybridized carbons (Fsp3) is 0.792. The second kappa shape index (κ2) is 9.82. The summed E-state index contributed by atoms with van der Waals surface area (Å²) in [5.41, 5.74) is -3.10. The van der Waals surface area contributed by atoms with Crippen LogP contribution in [-0.4, -0.2) is 83.0 Å². The number of alkyl halides is 3. The number of carbonyl (C=O) groups is 1. The van der Waals surface area contributed by atoms with E-state index in [-0.39, 0.29) is 17.9 Å². The first kappa shape index (κ1) is 26.1. The van der Waals surface area contributed by atoms with Gasteiger partial charge in [0.05, 0.1) is 17.6 Å². The molecule has 35 heavy (non-hydrogen) atoms. The van der Waals surface area contributed by atoms with Gasteiger partial charge >= 0.3 is 6.18 Å². The zero-order valence-corrected chi connectivity index (χ0v) is 20.6. The quantitative estimate of drug-likeness (QED) is 0.643. The molecule has 0 spiro atoms. The van der Waals surface area contributed by atoms with Gasteiger partial charge in [-0.25, -0.2) is 9.97 Å². The molecular weight excluding hydrogens is 463 g/mol. The molecule has 2 aliphatic heterocycles. The fourth-order valence-corrected chi connectivity index (χ4v) is 5.70. The molecule has 3 heterocycles. The number of aliphatic hydroxyl groups is 1. The summed E-state index contributed by atoms with van der Waals surface area (Å²) in [6, 6.07) is 1.32. The molecule has 1 aromatic rings. The topological polar surface area (TPSA) is 90.8 Å². The SMILES string of the molecule is CC1COCC[C@H]1N[C@H]1CC[C@@](C(=O)N2CCN(c3nccc(C(F)(F)F)n3)CC2)(C(C)(C)O)C1. The van der Waals surface area contributed by atoms with Gasteiger partial charge in [-0.3, -0.25) is 4.79 Å². The number of halogens is 3. The second-order valence-electron chi connectivity index (χ2n) is 10.7. The number of nitrogens with zero attached hydrogens (tertiary/aromatic N) is 4. The van der Waals surface area contributed by atoms with Crippen LogP contribution in [0, 0.1) is 11.3 Å². The van der Waals surface area contributed by atoms with Crippen molar-refractivity contribution in [3.63, 3.8) is 0 Å². The normalized spacial score (nSPS) is 30.5. The molecule has 0 bridgehead atoms. The van der Waals surface area contributed by atoms with E-state index >= 15 is 0 Å². The van der Waals surface area contributed by atoms with Gasteiger partial charge in [-0.1, -0.05) is 6.92 Å². The Morgan fingerprint density at radius 1 is 1.23 bits per heavy atom. The molecule has 4 rings (SSSR count). The van der Waals surface area contributed by atoms with E-state index in [2.05, 4.69) is 22.2 Å². The maximum absolute atomic E-state index is 13.8. The van der Waals surface area contributed by atoms with Crippen LogP contribution in [0.5, 0.6) is 0 Å². The number of hydrogen-bond acceptors (Lipinski definition) is 7. The number of nitrogens with one attached hydrogen (secondary N) is 1. The Hall–Kier alpha value is -1.98. The monoisotopic (exact) mass is 499 g/mol. The van der Waals surface area contributed by atoms with Crippen molar-refractivity contribution in [2.45, 2.75) is 70.3 Å². The summed E-state index contributed by atoms with van der Waals surface area (Å²) in [6.45, 7) is 8.36. The lowest BCUT2D eigenvalue weighted by atomic mass is 9.70. The second-order valence-corrected chi connectivity index (χ2v) is 10.7. The molecule has 4 atom stereocenters. The number of hydrogen-bond donors (Lipinski definition) is 2. The predicted octanol–water partition coefficient (Wildman–Crippen LogP) is 2.47. The Labute approximate surface area is 204 Å². The first-order valence-corrected chi connectivity index (χ1v) is 12.4. The number of aromatic nitrogens is 2. The van der Waals surface area contributed by atoms with E-state index in [0.29, 0.717) is 51.0 Å². The van der Waals surface area contributed by atoms with Crippen LogP contribution in [0.15, 0.2) is 12.3 Å². The number of rotatable bonds is 5. The fourth-order valence-electron chi connectivity index (χ4n) is 5.70. The van der Waals surface area contributed by atoms with Gasteiger partial charge in [0.1, 0.15) is 5.69 Å². The molecule has 8 nitrogen and oxygen atoms in total. The highest BCUT2D eigenvalue weighted by Gasteiger charge is 2.56. The third kappa shape index (κ3) is 5.41. The van der Waals surface area contributed by atoms with Gasteiger partial charge in [0, 0.05) is 51.1 Å². The van der Waals surface area contributed by atoms with Crippen molar-refractivity contribution in [2.75, 3.05) is 44.3 Å². The molecule has 3 aliphatic rings. The maximum Gasteiger partial charge on any atom is 0.433 e. The number of ether oxygens (including phenoxy) is 1. The first-order chi connectivity index (χ1) is 16.4. The summed E-state index contributed by atoms with van der Waals surface area (Å²) in [5, 5.41) is 14.9. The minimum Gasteiger partial charge on any atom is -0.389 e. The summed E-state index contributed by atoms with van der Waals surface area (Å²) >= 11 is 0. The molecule has 2 N–H and O–H groups in total. The Balaban J connectivity index is 1.42. The number of anilines is 1. The summed E-state index contributed by atoms with van der Waals surface area (Å²) in [6.07, 6.45) is -0.558. The molecule has 2 saturated heterocycles. The average molecular weight is 500 g/mol. The lowest BCUT2D eigenvalue weighted by molar-refractivity contribution is -0.158. The van der Waals surface area contributed by atoms with Crippen molar-refractivity contribution in [2.24, 2.45) is 11.3 Å². The maximum atomic E-state index is 13.8. The smallest absolute Gasteiger partial charge is 0.389 e. The molecule has 1 unspecified atom stereocenters. The Kier molecular flexibility index (Phi) is 7.32. The zero-order chi connectivity index (χ0) is 25.4. The molecule has 1 aromatic heterocycles. The predicted molar refractivity (Wildman–Crippen MR) is 124 cm³/mol. The van der Waals surface area contributed by atoms with Crippen molar-refractivity contribution in [3.05, 3.63) is 18.0 Å². The Morgan fingerprint density at radius 3 is 2.57 bits per heavy atom. The minimum absolute atomic E-state index is 0.0137. The number of amides is 1. The van der Waals surface area contributed by atoms with Crippen LogP contribution in [0.1, 0.15) is 52.1 Å². The van der Waals surface area contributed by atoms with Gasteiger partial charge in [0.25, 0.3) is 0 Å². The summed E-state index contributed by atoms with van der Waals surface area (Å²) in [5.74, 6) is 0.321. The van der Waals surface area contributed by atoms with Crippen LogP contribution in [0.4, 0.5) is 19.1 Å². The molecule has 3 fully saturated rings. The standard InChI is InChI=1S/C24H36F3N5O3/c1-16-15-35-13-6-18(16)29-17-4-7-23(14-17,22(2,3)34)20(33)31-9-11-32(12-10-31)21-28-8-5-19(30-21)24(25,26)27/h5,8,16-18,29,34H,4,6-7,9-15H2,1-3H3/t16?,17-,18+,23+/m0/s1. The summed E-state index contributed by atoms with van der Waals surface area (Å²) < 4.78 is 44.6. The van der Waals surface area contributed by atoms with Gasteiger partial charge in [-0.05, 0) is 51.5 Å². The van der Waals surface area contributed by atoms with Crippen molar-refractivity contribution in [3.8, 4) is 0 Å². The lowest BCUT2D eigenvalue weighted by Gasteiger charge is -2.45. The van der Waals surface area contributed by atoms with Gasteiger partial charge in [0.15, 0.2) is 0 Å². The van der Waals surface area contributed by atoms with Crippen LogP contribution >= 0.6 is 0 Å². The van der Waals surface area contributed by atoms with Gasteiger partial charge in [0.2, 0.25) is 11.9 Å². The first-order valence-electron chi connectivity index (χ1n) is 12.4. The average Bonchev–Trinajstić information content (AvgIpc) is 3.25. The van der Waals surface area contributed by atoms with E-state index in [1.54, 1.807) is 23.6 Å². The van der Waals surface area contributed by atoms with Crippen LogP contribution in [-0.2, 0) is 15.7 Å². The lowest BCUT2D eigenvalue weighted by Crippen LogP contribution is -2.59.